The molecule has 1 aliphatic heterocycles. The fourth-order valence-electron chi connectivity index (χ4n) is 4.28. The molecule has 0 amide bonds. The molecule has 1 N–H and O–H groups in total. The molecule has 1 aliphatic carbocycles. The van der Waals surface area contributed by atoms with Gasteiger partial charge >= 0.3 is 5.97 Å². The van der Waals surface area contributed by atoms with Crippen molar-refractivity contribution in [2.45, 2.75) is 25.3 Å². The van der Waals surface area contributed by atoms with Gasteiger partial charge in [0.25, 0.3) is 0 Å². The maximum atomic E-state index is 11.6. The molecule has 3 nitrogen and oxygen atoms in total. The summed E-state index contributed by atoms with van der Waals surface area (Å²) >= 11 is 0. The zero-order chi connectivity index (χ0) is 16.0. The lowest BCUT2D eigenvalue weighted by atomic mass is 9.96. The molecule has 23 heavy (non-hydrogen) atoms. The molecule has 0 radical (unpaired) electrons. The number of aliphatic carboxylic acids is 1. The van der Waals surface area contributed by atoms with E-state index in [4.69, 9.17) is 0 Å². The third kappa shape index (κ3) is 2.36. The normalized spacial score (nSPS) is 23.7. The van der Waals surface area contributed by atoms with E-state index in [0.29, 0.717) is 5.92 Å². The zero-order valence-electron chi connectivity index (χ0n) is 13.3. The minimum atomic E-state index is -0.686. The van der Waals surface area contributed by atoms with Crippen molar-refractivity contribution in [3.8, 4) is 11.1 Å². The first-order valence-corrected chi connectivity index (χ1v) is 8.30. The van der Waals surface area contributed by atoms with Crippen LogP contribution < -0.4 is 0 Å². The summed E-state index contributed by atoms with van der Waals surface area (Å²) in [5.41, 5.74) is 5.26. The summed E-state index contributed by atoms with van der Waals surface area (Å²) in [7, 11) is 0. The first-order chi connectivity index (χ1) is 11.1. The number of carbonyl (C=O) groups is 1. The Hall–Kier alpha value is -2.13. The second-order valence-corrected chi connectivity index (χ2v) is 6.88. The quantitative estimate of drug-likeness (QED) is 0.942. The Bertz CT molecular complexity index is 709. The molecule has 4 rings (SSSR count). The number of carboxylic acid groups (broad SMARTS) is 1. The van der Waals surface area contributed by atoms with Crippen LogP contribution in [-0.2, 0) is 4.79 Å². The van der Waals surface area contributed by atoms with E-state index in [1.165, 1.54) is 22.3 Å². The van der Waals surface area contributed by atoms with Gasteiger partial charge in [0.15, 0.2) is 0 Å². The van der Waals surface area contributed by atoms with Crippen LogP contribution in [0, 0.1) is 5.92 Å². The topological polar surface area (TPSA) is 40.5 Å². The minimum Gasteiger partial charge on any atom is -0.480 e. The SMILES string of the molecule is C[C@@H]1C[C@@H](C(=O)O)N(CC2c3ccccc3-c3ccccc32)C1. The second-order valence-electron chi connectivity index (χ2n) is 6.88. The Morgan fingerprint density at radius 2 is 1.65 bits per heavy atom. The molecule has 2 aliphatic rings. The van der Waals surface area contributed by atoms with E-state index >= 15 is 0 Å². The number of hydrogen-bond donors (Lipinski definition) is 1. The predicted octanol–water partition coefficient (Wildman–Crippen LogP) is 3.59. The van der Waals surface area contributed by atoms with Gasteiger partial charge < -0.3 is 5.11 Å². The van der Waals surface area contributed by atoms with Crippen LogP contribution in [0.4, 0.5) is 0 Å². The molecule has 1 heterocycles. The van der Waals surface area contributed by atoms with E-state index in [1.807, 2.05) is 0 Å². The van der Waals surface area contributed by atoms with Gasteiger partial charge in [0, 0.05) is 19.0 Å². The molecule has 0 bridgehead atoms. The van der Waals surface area contributed by atoms with Crippen LogP contribution >= 0.6 is 0 Å². The summed E-state index contributed by atoms with van der Waals surface area (Å²) < 4.78 is 0. The number of likely N-dealkylation sites (tertiary alicyclic amines) is 1. The minimum absolute atomic E-state index is 0.273. The predicted molar refractivity (Wildman–Crippen MR) is 90.5 cm³/mol. The molecule has 1 fully saturated rings. The van der Waals surface area contributed by atoms with Gasteiger partial charge in [-0.25, -0.2) is 0 Å². The van der Waals surface area contributed by atoms with Crippen molar-refractivity contribution in [1.82, 2.24) is 4.90 Å². The zero-order valence-corrected chi connectivity index (χ0v) is 13.3. The van der Waals surface area contributed by atoms with Crippen molar-refractivity contribution >= 4 is 5.97 Å². The fraction of sp³-hybridized carbons (Fsp3) is 0.350. The summed E-state index contributed by atoms with van der Waals surface area (Å²) in [5.74, 6) is 0.0338. The average Bonchev–Trinajstić information content (AvgIpc) is 3.07. The van der Waals surface area contributed by atoms with Crippen LogP contribution in [0.2, 0.25) is 0 Å². The highest BCUT2D eigenvalue weighted by Gasteiger charge is 2.38. The van der Waals surface area contributed by atoms with E-state index in [2.05, 4.69) is 60.4 Å². The van der Waals surface area contributed by atoms with Crippen molar-refractivity contribution in [2.24, 2.45) is 5.92 Å². The Morgan fingerprint density at radius 3 is 2.22 bits per heavy atom. The van der Waals surface area contributed by atoms with Gasteiger partial charge in [-0.15, -0.1) is 0 Å². The molecular formula is C20H21NO2. The Kier molecular flexibility index (Phi) is 3.46. The van der Waals surface area contributed by atoms with E-state index in [1.54, 1.807) is 0 Å². The molecule has 0 unspecified atom stereocenters. The van der Waals surface area contributed by atoms with Crippen molar-refractivity contribution < 1.29 is 9.90 Å². The van der Waals surface area contributed by atoms with Crippen LogP contribution in [0.25, 0.3) is 11.1 Å². The van der Waals surface area contributed by atoms with E-state index < -0.39 is 5.97 Å². The number of carboxylic acids is 1. The van der Waals surface area contributed by atoms with Crippen LogP contribution in [-0.4, -0.2) is 35.1 Å². The van der Waals surface area contributed by atoms with Gasteiger partial charge in [-0.3, -0.25) is 9.69 Å². The smallest absolute Gasteiger partial charge is 0.320 e. The highest BCUT2D eigenvalue weighted by atomic mass is 16.4. The second kappa shape index (κ2) is 5.50. The lowest BCUT2D eigenvalue weighted by molar-refractivity contribution is -0.142. The molecule has 2 aromatic carbocycles. The highest BCUT2D eigenvalue weighted by molar-refractivity contribution is 5.79. The monoisotopic (exact) mass is 307 g/mol. The molecule has 3 heteroatoms. The number of rotatable bonds is 3. The van der Waals surface area contributed by atoms with E-state index in [0.717, 1.165) is 19.5 Å². The van der Waals surface area contributed by atoms with Crippen molar-refractivity contribution in [2.75, 3.05) is 13.1 Å². The maximum absolute atomic E-state index is 11.6. The molecule has 0 spiro atoms. The maximum Gasteiger partial charge on any atom is 0.320 e. The largest absolute Gasteiger partial charge is 0.480 e. The van der Waals surface area contributed by atoms with Crippen LogP contribution in [0.5, 0.6) is 0 Å². The summed E-state index contributed by atoms with van der Waals surface area (Å²) in [4.78, 5) is 13.7. The Labute approximate surface area is 136 Å². The van der Waals surface area contributed by atoms with Gasteiger partial charge in [0.05, 0.1) is 0 Å². The van der Waals surface area contributed by atoms with E-state index in [-0.39, 0.29) is 12.0 Å². The summed E-state index contributed by atoms with van der Waals surface area (Å²) in [5, 5.41) is 9.52. The lowest BCUT2D eigenvalue weighted by Gasteiger charge is -2.25. The van der Waals surface area contributed by atoms with Gasteiger partial charge in [0.1, 0.15) is 6.04 Å². The molecule has 1 saturated heterocycles. The van der Waals surface area contributed by atoms with Crippen LogP contribution in [0.1, 0.15) is 30.4 Å². The number of fused-ring (bicyclic) bond motifs is 3. The third-order valence-corrected chi connectivity index (χ3v) is 5.28. The summed E-state index contributed by atoms with van der Waals surface area (Å²) in [6, 6.07) is 16.7. The molecule has 0 saturated carbocycles. The van der Waals surface area contributed by atoms with Gasteiger partial charge in [-0.1, -0.05) is 55.5 Å². The van der Waals surface area contributed by atoms with Crippen LogP contribution in [0.3, 0.4) is 0 Å². The Balaban J connectivity index is 1.70. The standard InChI is InChI=1S/C20H21NO2/c1-13-10-19(20(22)23)21(11-13)12-18-16-8-4-2-6-14(16)15-7-3-5-9-17(15)18/h2-9,13,18-19H,10-12H2,1H3,(H,22,23)/t13-,19+/m1/s1. The first kappa shape index (κ1) is 14.5. The molecule has 2 aromatic rings. The van der Waals surface area contributed by atoms with Crippen LogP contribution in [0.15, 0.2) is 48.5 Å². The number of nitrogens with zero attached hydrogens (tertiary/aromatic N) is 1. The average molecular weight is 307 g/mol. The highest BCUT2D eigenvalue weighted by Crippen LogP contribution is 2.45. The van der Waals surface area contributed by atoms with Gasteiger partial charge in [0.2, 0.25) is 0 Å². The molecule has 2 atom stereocenters. The number of benzene rings is 2. The van der Waals surface area contributed by atoms with Crippen molar-refractivity contribution in [3.05, 3.63) is 59.7 Å². The third-order valence-electron chi connectivity index (χ3n) is 5.28. The van der Waals surface area contributed by atoms with Gasteiger partial charge in [-0.2, -0.15) is 0 Å². The fourth-order valence-corrected chi connectivity index (χ4v) is 4.28. The first-order valence-electron chi connectivity index (χ1n) is 8.30. The van der Waals surface area contributed by atoms with Crippen molar-refractivity contribution in [3.63, 3.8) is 0 Å². The lowest BCUT2D eigenvalue weighted by Crippen LogP contribution is -2.38. The summed E-state index contributed by atoms with van der Waals surface area (Å²) in [6.07, 6.45) is 0.755. The van der Waals surface area contributed by atoms with Crippen molar-refractivity contribution in [1.29, 1.82) is 0 Å². The summed E-state index contributed by atoms with van der Waals surface area (Å²) in [6.45, 7) is 3.81. The molecule has 118 valence electrons. The number of hydrogen-bond acceptors (Lipinski definition) is 2. The van der Waals surface area contributed by atoms with Gasteiger partial charge in [-0.05, 0) is 34.6 Å². The van der Waals surface area contributed by atoms with E-state index in [9.17, 15) is 9.90 Å². The molecule has 0 aromatic heterocycles. The molecular weight excluding hydrogens is 286 g/mol. The Morgan fingerprint density at radius 1 is 1.09 bits per heavy atom.